The first-order valence-corrected chi connectivity index (χ1v) is 5.15. The van der Waals surface area contributed by atoms with E-state index < -0.39 is 3.92 Å². The molecule has 0 fully saturated rings. The molecule has 0 unspecified atom stereocenters. The zero-order valence-electron chi connectivity index (χ0n) is 6.80. The van der Waals surface area contributed by atoms with Gasteiger partial charge in [-0.25, -0.2) is 0 Å². The highest BCUT2D eigenvalue weighted by Gasteiger charge is 2.34. The molecule has 0 spiro atoms. The minimum absolute atomic E-state index is 0.774. The molecule has 1 aliphatic rings. The molecule has 0 aromatic heterocycles. The van der Waals surface area contributed by atoms with E-state index in [1.165, 1.54) is 5.56 Å². The molecule has 0 N–H and O–H groups in total. The maximum atomic E-state index is 5.82. The Morgan fingerprint density at radius 3 is 2.54 bits per heavy atom. The maximum absolute atomic E-state index is 5.82. The van der Waals surface area contributed by atoms with Gasteiger partial charge < -0.3 is 4.90 Å². The number of halogens is 3. The van der Waals surface area contributed by atoms with Crippen molar-refractivity contribution in [3.05, 3.63) is 29.8 Å². The average molecular weight is 237 g/mol. The van der Waals surface area contributed by atoms with Crippen LogP contribution >= 0.6 is 34.8 Å². The van der Waals surface area contributed by atoms with Crippen molar-refractivity contribution in [3.63, 3.8) is 0 Å². The lowest BCUT2D eigenvalue weighted by molar-refractivity contribution is 0.866. The molecule has 13 heavy (non-hydrogen) atoms. The molecule has 1 aliphatic heterocycles. The molecule has 0 saturated carbocycles. The van der Waals surface area contributed by atoms with E-state index in [1.807, 2.05) is 18.2 Å². The van der Waals surface area contributed by atoms with Crippen LogP contribution in [0.5, 0.6) is 0 Å². The fraction of sp³-hybridized carbons (Fsp3) is 0.333. The van der Waals surface area contributed by atoms with Gasteiger partial charge in [0.25, 0.3) is 3.92 Å². The number of hydrogen-bond donors (Lipinski definition) is 0. The molecule has 1 aromatic rings. The monoisotopic (exact) mass is 235 g/mol. The Bertz CT molecular complexity index is 319. The molecular formula is C9H8Cl3N. The van der Waals surface area contributed by atoms with Crippen molar-refractivity contribution in [2.45, 2.75) is 10.3 Å². The van der Waals surface area contributed by atoms with Gasteiger partial charge in [-0.15, -0.1) is 0 Å². The second kappa shape index (κ2) is 3.23. The maximum Gasteiger partial charge on any atom is 0.268 e. The first-order valence-electron chi connectivity index (χ1n) is 4.01. The van der Waals surface area contributed by atoms with Gasteiger partial charge in [0.15, 0.2) is 0 Å². The quantitative estimate of drug-likeness (QED) is 0.493. The number of para-hydroxylation sites is 1. The Balaban J connectivity index is 2.39. The Kier molecular flexibility index (Phi) is 2.35. The Hall–Kier alpha value is -0.110. The van der Waals surface area contributed by atoms with E-state index in [-0.39, 0.29) is 0 Å². The van der Waals surface area contributed by atoms with Gasteiger partial charge >= 0.3 is 0 Å². The summed E-state index contributed by atoms with van der Waals surface area (Å²) in [6, 6.07) is 7.99. The molecule has 70 valence electrons. The van der Waals surface area contributed by atoms with Crippen LogP contribution < -0.4 is 4.90 Å². The Morgan fingerprint density at radius 2 is 1.85 bits per heavy atom. The van der Waals surface area contributed by atoms with Crippen LogP contribution in [0.2, 0.25) is 0 Å². The average Bonchev–Trinajstić information content (AvgIpc) is 2.45. The number of nitrogens with zero attached hydrogens (tertiary/aromatic N) is 1. The van der Waals surface area contributed by atoms with Crippen LogP contribution in [0.1, 0.15) is 5.56 Å². The van der Waals surface area contributed by atoms with Crippen LogP contribution in [0, 0.1) is 0 Å². The number of rotatable bonds is 0. The van der Waals surface area contributed by atoms with Crippen LogP contribution in [-0.4, -0.2) is 10.5 Å². The molecule has 1 nitrogen and oxygen atoms in total. The van der Waals surface area contributed by atoms with E-state index in [2.05, 4.69) is 6.07 Å². The molecule has 0 saturated heterocycles. The highest BCUT2D eigenvalue weighted by Crippen LogP contribution is 2.40. The van der Waals surface area contributed by atoms with E-state index in [4.69, 9.17) is 34.8 Å². The minimum atomic E-state index is -1.33. The molecule has 0 amide bonds. The lowest BCUT2D eigenvalue weighted by Crippen LogP contribution is -2.33. The van der Waals surface area contributed by atoms with E-state index in [9.17, 15) is 0 Å². The van der Waals surface area contributed by atoms with Crippen molar-refractivity contribution < 1.29 is 0 Å². The molecular weight excluding hydrogens is 228 g/mol. The predicted molar refractivity (Wildman–Crippen MR) is 57.8 cm³/mol. The second-order valence-electron chi connectivity index (χ2n) is 3.00. The summed E-state index contributed by atoms with van der Waals surface area (Å²) in [7, 11) is 0. The SMILES string of the molecule is ClC(Cl)(Cl)N1CCc2ccccc21. The molecule has 1 heterocycles. The zero-order valence-corrected chi connectivity index (χ0v) is 9.07. The van der Waals surface area contributed by atoms with Gasteiger partial charge in [-0.3, -0.25) is 0 Å². The standard InChI is InChI=1S/C9H8Cl3N/c10-9(11,12)13-6-5-7-3-1-2-4-8(7)13/h1-4H,5-6H2. The molecule has 4 heteroatoms. The van der Waals surface area contributed by atoms with Gasteiger partial charge in [-0.2, -0.15) is 0 Å². The van der Waals surface area contributed by atoms with Gasteiger partial charge in [0.2, 0.25) is 0 Å². The molecule has 0 aliphatic carbocycles. The second-order valence-corrected chi connectivity index (χ2v) is 5.22. The van der Waals surface area contributed by atoms with Crippen molar-refractivity contribution >= 4 is 40.5 Å². The summed E-state index contributed by atoms with van der Waals surface area (Å²) < 4.78 is -1.33. The molecule has 0 bridgehead atoms. The summed E-state index contributed by atoms with van der Waals surface area (Å²) in [4.78, 5) is 1.78. The van der Waals surface area contributed by atoms with Crippen LogP contribution in [0.15, 0.2) is 24.3 Å². The van der Waals surface area contributed by atoms with E-state index in [0.717, 1.165) is 18.7 Å². The van der Waals surface area contributed by atoms with Crippen LogP contribution in [0.3, 0.4) is 0 Å². The summed E-state index contributed by atoms with van der Waals surface area (Å²) in [6.45, 7) is 0.774. The fourth-order valence-electron chi connectivity index (χ4n) is 1.60. The van der Waals surface area contributed by atoms with Crippen LogP contribution in [0.4, 0.5) is 5.69 Å². The first kappa shape index (κ1) is 9.45. The topological polar surface area (TPSA) is 3.24 Å². The lowest BCUT2D eigenvalue weighted by atomic mass is 10.2. The van der Waals surface area contributed by atoms with Crippen molar-refractivity contribution in [3.8, 4) is 0 Å². The number of alkyl halides is 3. The molecule has 2 rings (SSSR count). The van der Waals surface area contributed by atoms with Crippen molar-refractivity contribution in [1.82, 2.24) is 0 Å². The van der Waals surface area contributed by atoms with E-state index in [1.54, 1.807) is 4.90 Å². The Morgan fingerprint density at radius 1 is 1.15 bits per heavy atom. The van der Waals surface area contributed by atoms with E-state index in [0.29, 0.717) is 0 Å². The van der Waals surface area contributed by atoms with Crippen LogP contribution in [-0.2, 0) is 6.42 Å². The van der Waals surface area contributed by atoms with E-state index >= 15 is 0 Å². The van der Waals surface area contributed by atoms with Gasteiger partial charge in [0.1, 0.15) is 0 Å². The zero-order chi connectivity index (χ0) is 9.47. The summed E-state index contributed by atoms with van der Waals surface area (Å²) >= 11 is 17.5. The predicted octanol–water partition coefficient (Wildman–Crippen LogP) is 3.38. The van der Waals surface area contributed by atoms with Gasteiger partial charge in [-0.1, -0.05) is 53.0 Å². The third kappa shape index (κ3) is 1.74. The molecule has 1 aromatic carbocycles. The summed E-state index contributed by atoms with van der Waals surface area (Å²) in [5.41, 5.74) is 2.27. The van der Waals surface area contributed by atoms with Crippen LogP contribution in [0.25, 0.3) is 0 Å². The number of benzene rings is 1. The Labute approximate surface area is 92.2 Å². The minimum Gasteiger partial charge on any atom is -0.327 e. The molecule has 0 atom stereocenters. The first-order chi connectivity index (χ1) is 6.09. The lowest BCUT2D eigenvalue weighted by Gasteiger charge is -2.27. The van der Waals surface area contributed by atoms with Gasteiger partial charge in [0.05, 0.1) is 0 Å². The highest BCUT2D eigenvalue weighted by atomic mass is 35.6. The number of hydrogen-bond acceptors (Lipinski definition) is 1. The normalized spacial score (nSPS) is 16.1. The fourth-order valence-corrected chi connectivity index (χ4v) is 2.13. The summed E-state index contributed by atoms with van der Waals surface area (Å²) in [5.74, 6) is 0. The van der Waals surface area contributed by atoms with Gasteiger partial charge in [-0.05, 0) is 18.1 Å². The van der Waals surface area contributed by atoms with Crippen molar-refractivity contribution in [2.75, 3.05) is 11.4 Å². The summed E-state index contributed by atoms with van der Waals surface area (Å²) in [5, 5.41) is 0. The smallest absolute Gasteiger partial charge is 0.268 e. The molecule has 0 radical (unpaired) electrons. The highest BCUT2D eigenvalue weighted by molar-refractivity contribution is 6.68. The van der Waals surface area contributed by atoms with Crippen molar-refractivity contribution in [1.29, 1.82) is 0 Å². The third-order valence-electron chi connectivity index (χ3n) is 2.19. The largest absolute Gasteiger partial charge is 0.327 e. The summed E-state index contributed by atoms with van der Waals surface area (Å²) in [6.07, 6.45) is 0.948. The van der Waals surface area contributed by atoms with Crippen molar-refractivity contribution in [2.24, 2.45) is 0 Å². The third-order valence-corrected chi connectivity index (χ3v) is 2.81. The number of anilines is 1. The number of fused-ring (bicyclic) bond motifs is 1. The van der Waals surface area contributed by atoms with Gasteiger partial charge in [0, 0.05) is 12.2 Å².